The molecule has 1 rings (SSSR count). The zero-order valence-corrected chi connectivity index (χ0v) is 9.36. The predicted octanol–water partition coefficient (Wildman–Crippen LogP) is 0.985. The average Bonchev–Trinajstić information content (AvgIpc) is 2.18. The first-order chi connectivity index (χ1) is 7.26. The van der Waals surface area contributed by atoms with Crippen molar-refractivity contribution < 1.29 is 4.74 Å². The number of hydrogen-bond acceptors (Lipinski definition) is 5. The highest BCUT2D eigenvalue weighted by molar-refractivity contribution is 5.16. The van der Waals surface area contributed by atoms with Crippen molar-refractivity contribution in [1.29, 1.82) is 0 Å². The van der Waals surface area contributed by atoms with Crippen LogP contribution in [-0.2, 0) is 17.6 Å². The van der Waals surface area contributed by atoms with Crippen LogP contribution in [0.15, 0.2) is 0 Å². The average molecular weight is 210 g/mol. The summed E-state index contributed by atoms with van der Waals surface area (Å²) in [6.07, 6.45) is 3.56. The van der Waals surface area contributed by atoms with Gasteiger partial charge in [0.2, 0.25) is 5.95 Å². The Kier molecular flexibility index (Phi) is 4.97. The largest absolute Gasteiger partial charge is 0.385 e. The minimum atomic E-state index is 0.320. The van der Waals surface area contributed by atoms with Crippen molar-refractivity contribution in [2.24, 2.45) is 0 Å². The molecule has 0 aliphatic rings. The Bertz CT molecular complexity index is 303. The first kappa shape index (κ1) is 11.8. The molecular formula is C10H18N4O. The van der Waals surface area contributed by atoms with E-state index >= 15 is 0 Å². The van der Waals surface area contributed by atoms with Gasteiger partial charge in [-0.1, -0.05) is 6.92 Å². The molecule has 5 nitrogen and oxygen atoms in total. The van der Waals surface area contributed by atoms with Crippen LogP contribution in [0.3, 0.4) is 0 Å². The molecule has 1 heterocycles. The molecule has 0 atom stereocenters. The Morgan fingerprint density at radius 1 is 1.13 bits per heavy atom. The van der Waals surface area contributed by atoms with Crippen LogP contribution in [-0.4, -0.2) is 28.7 Å². The van der Waals surface area contributed by atoms with E-state index in [1.54, 1.807) is 7.11 Å². The number of nitrogen functional groups attached to an aromatic ring is 1. The van der Waals surface area contributed by atoms with Gasteiger partial charge in [0, 0.05) is 26.6 Å². The van der Waals surface area contributed by atoms with E-state index in [0.29, 0.717) is 12.6 Å². The van der Waals surface area contributed by atoms with Gasteiger partial charge in [-0.2, -0.15) is 9.97 Å². The van der Waals surface area contributed by atoms with Crippen molar-refractivity contribution >= 4 is 5.95 Å². The zero-order chi connectivity index (χ0) is 11.1. The van der Waals surface area contributed by atoms with Crippen molar-refractivity contribution in [3.63, 3.8) is 0 Å². The lowest BCUT2D eigenvalue weighted by Gasteiger charge is -2.03. The van der Waals surface area contributed by atoms with Gasteiger partial charge in [0.05, 0.1) is 0 Å². The number of anilines is 1. The summed E-state index contributed by atoms with van der Waals surface area (Å²) in [5.74, 6) is 1.88. The van der Waals surface area contributed by atoms with Gasteiger partial charge in [-0.15, -0.1) is 0 Å². The van der Waals surface area contributed by atoms with E-state index in [1.807, 2.05) is 0 Å². The number of hydrogen-bond donors (Lipinski definition) is 1. The number of aromatic nitrogens is 3. The lowest BCUT2D eigenvalue weighted by Crippen LogP contribution is -2.08. The standard InChI is InChI=1S/C10H18N4O/c1-3-5-8-12-9(6-4-7-15-2)14-10(11)13-8/h3-7H2,1-2H3,(H2,11,12,13,14). The Morgan fingerprint density at radius 3 is 2.40 bits per heavy atom. The maximum atomic E-state index is 5.60. The molecule has 0 aromatic carbocycles. The highest BCUT2D eigenvalue weighted by Crippen LogP contribution is 2.02. The third-order valence-electron chi connectivity index (χ3n) is 1.97. The Morgan fingerprint density at radius 2 is 1.80 bits per heavy atom. The molecule has 5 heteroatoms. The van der Waals surface area contributed by atoms with Crippen LogP contribution >= 0.6 is 0 Å². The summed E-state index contributed by atoms with van der Waals surface area (Å²) in [5.41, 5.74) is 5.60. The summed E-state index contributed by atoms with van der Waals surface area (Å²) < 4.78 is 4.97. The van der Waals surface area contributed by atoms with Gasteiger partial charge < -0.3 is 10.5 Å². The lowest BCUT2D eigenvalue weighted by molar-refractivity contribution is 0.194. The van der Waals surface area contributed by atoms with E-state index in [2.05, 4.69) is 21.9 Å². The first-order valence-electron chi connectivity index (χ1n) is 5.24. The summed E-state index contributed by atoms with van der Waals surface area (Å²) in [4.78, 5) is 12.5. The minimum absolute atomic E-state index is 0.320. The molecular weight excluding hydrogens is 192 g/mol. The van der Waals surface area contributed by atoms with Gasteiger partial charge in [0.15, 0.2) is 0 Å². The second kappa shape index (κ2) is 6.29. The molecule has 0 fully saturated rings. The molecule has 1 aromatic rings. The van der Waals surface area contributed by atoms with Gasteiger partial charge in [0.1, 0.15) is 11.6 Å². The number of methoxy groups -OCH3 is 1. The van der Waals surface area contributed by atoms with E-state index in [-0.39, 0.29) is 0 Å². The second-order valence-corrected chi connectivity index (χ2v) is 3.37. The van der Waals surface area contributed by atoms with Crippen LogP contribution in [0.4, 0.5) is 5.95 Å². The maximum absolute atomic E-state index is 5.60. The summed E-state index contributed by atoms with van der Waals surface area (Å²) in [5, 5.41) is 0. The predicted molar refractivity (Wildman–Crippen MR) is 58.4 cm³/mol. The molecule has 0 bridgehead atoms. The maximum Gasteiger partial charge on any atom is 0.223 e. The summed E-state index contributed by atoms with van der Waals surface area (Å²) in [7, 11) is 1.68. The summed E-state index contributed by atoms with van der Waals surface area (Å²) >= 11 is 0. The van der Waals surface area contributed by atoms with Crippen LogP contribution in [0, 0.1) is 0 Å². The van der Waals surface area contributed by atoms with Crippen molar-refractivity contribution in [1.82, 2.24) is 15.0 Å². The lowest BCUT2D eigenvalue weighted by atomic mass is 10.3. The van der Waals surface area contributed by atoms with Crippen LogP contribution < -0.4 is 5.73 Å². The molecule has 0 aliphatic carbocycles. The fourth-order valence-electron chi connectivity index (χ4n) is 1.31. The van der Waals surface area contributed by atoms with Crippen LogP contribution in [0.2, 0.25) is 0 Å². The van der Waals surface area contributed by atoms with Crippen LogP contribution in [0.1, 0.15) is 31.4 Å². The van der Waals surface area contributed by atoms with Gasteiger partial charge in [-0.05, 0) is 12.8 Å². The van der Waals surface area contributed by atoms with Crippen molar-refractivity contribution in [2.45, 2.75) is 32.6 Å². The molecule has 0 saturated carbocycles. The molecule has 0 unspecified atom stereocenters. The van der Waals surface area contributed by atoms with Gasteiger partial charge in [0.25, 0.3) is 0 Å². The molecule has 0 saturated heterocycles. The Labute approximate surface area is 90.1 Å². The van der Waals surface area contributed by atoms with Crippen LogP contribution in [0.5, 0.6) is 0 Å². The molecule has 2 N–H and O–H groups in total. The van der Waals surface area contributed by atoms with Gasteiger partial charge in [-0.3, -0.25) is 0 Å². The molecule has 0 radical (unpaired) electrons. The number of nitrogens with two attached hydrogens (primary N) is 1. The second-order valence-electron chi connectivity index (χ2n) is 3.37. The molecule has 0 amide bonds. The highest BCUT2D eigenvalue weighted by Gasteiger charge is 2.03. The Balaban J connectivity index is 2.62. The van der Waals surface area contributed by atoms with Crippen molar-refractivity contribution in [2.75, 3.05) is 19.5 Å². The number of ether oxygens (including phenoxy) is 1. The van der Waals surface area contributed by atoms with E-state index in [9.17, 15) is 0 Å². The van der Waals surface area contributed by atoms with E-state index in [4.69, 9.17) is 10.5 Å². The highest BCUT2D eigenvalue weighted by atomic mass is 16.5. The molecule has 0 spiro atoms. The van der Waals surface area contributed by atoms with Crippen molar-refractivity contribution in [3.05, 3.63) is 11.6 Å². The molecule has 0 aliphatic heterocycles. The third kappa shape index (κ3) is 4.20. The first-order valence-corrected chi connectivity index (χ1v) is 5.24. The van der Waals surface area contributed by atoms with E-state index in [1.165, 1.54) is 0 Å². The van der Waals surface area contributed by atoms with Gasteiger partial charge in [-0.25, -0.2) is 4.98 Å². The quantitative estimate of drug-likeness (QED) is 0.709. The summed E-state index contributed by atoms with van der Waals surface area (Å²) in [6.45, 7) is 2.80. The van der Waals surface area contributed by atoms with E-state index < -0.39 is 0 Å². The van der Waals surface area contributed by atoms with E-state index in [0.717, 1.165) is 37.3 Å². The van der Waals surface area contributed by atoms with Crippen LogP contribution in [0.25, 0.3) is 0 Å². The minimum Gasteiger partial charge on any atom is -0.385 e. The number of aryl methyl sites for hydroxylation is 2. The molecule has 84 valence electrons. The van der Waals surface area contributed by atoms with Crippen molar-refractivity contribution in [3.8, 4) is 0 Å². The smallest absolute Gasteiger partial charge is 0.223 e. The molecule has 1 aromatic heterocycles. The number of rotatable bonds is 6. The fourth-order valence-corrected chi connectivity index (χ4v) is 1.31. The number of nitrogens with zero attached hydrogens (tertiary/aromatic N) is 3. The fraction of sp³-hybridized carbons (Fsp3) is 0.700. The monoisotopic (exact) mass is 210 g/mol. The zero-order valence-electron chi connectivity index (χ0n) is 9.36. The third-order valence-corrected chi connectivity index (χ3v) is 1.97. The normalized spacial score (nSPS) is 10.5. The Hall–Kier alpha value is -1.23. The molecule has 15 heavy (non-hydrogen) atoms. The van der Waals surface area contributed by atoms with Gasteiger partial charge >= 0.3 is 0 Å². The topological polar surface area (TPSA) is 73.9 Å². The summed E-state index contributed by atoms with van der Waals surface area (Å²) in [6, 6.07) is 0. The SMILES string of the molecule is CCCc1nc(N)nc(CCCOC)n1.